The zero-order chi connectivity index (χ0) is 21.8. The van der Waals surface area contributed by atoms with E-state index in [1.54, 1.807) is 0 Å². The van der Waals surface area contributed by atoms with Gasteiger partial charge in [-0.25, -0.2) is 0 Å². The monoisotopic (exact) mass is 433 g/mol. The second kappa shape index (κ2) is 9.43. The molecule has 0 spiro atoms. The van der Waals surface area contributed by atoms with E-state index in [0.717, 1.165) is 34.7 Å². The van der Waals surface area contributed by atoms with Gasteiger partial charge in [-0.1, -0.05) is 35.9 Å². The summed E-state index contributed by atoms with van der Waals surface area (Å²) in [5.74, 6) is 0.176. The highest BCUT2D eigenvalue weighted by Gasteiger charge is 2.28. The van der Waals surface area contributed by atoms with E-state index in [9.17, 15) is 9.59 Å². The van der Waals surface area contributed by atoms with Gasteiger partial charge in [0.15, 0.2) is 0 Å². The van der Waals surface area contributed by atoms with Crippen molar-refractivity contribution in [3.8, 4) is 0 Å². The van der Waals surface area contributed by atoms with Crippen LogP contribution in [0.15, 0.2) is 53.9 Å². The third kappa shape index (κ3) is 5.02. The Kier molecular flexibility index (Phi) is 6.47. The molecule has 1 aromatic carbocycles. The summed E-state index contributed by atoms with van der Waals surface area (Å²) in [4.78, 5) is 33.1. The zero-order valence-corrected chi connectivity index (χ0v) is 18.7. The van der Waals surface area contributed by atoms with Crippen molar-refractivity contribution in [2.75, 3.05) is 13.1 Å². The van der Waals surface area contributed by atoms with Crippen LogP contribution in [0.1, 0.15) is 61.3 Å². The van der Waals surface area contributed by atoms with E-state index in [1.165, 1.54) is 16.9 Å². The lowest BCUT2D eigenvalue weighted by molar-refractivity contribution is 0.0715. The molecule has 160 valence electrons. The first-order chi connectivity index (χ1) is 15.0. The van der Waals surface area contributed by atoms with Crippen LogP contribution >= 0.6 is 11.3 Å². The highest BCUT2D eigenvalue weighted by atomic mass is 32.1. The number of rotatable bonds is 5. The number of hydrogen-bond acceptors (Lipinski definition) is 4. The van der Waals surface area contributed by atoms with Crippen molar-refractivity contribution in [3.05, 3.63) is 86.9 Å². The minimum absolute atomic E-state index is 0.0962. The molecule has 31 heavy (non-hydrogen) atoms. The molecule has 0 radical (unpaired) electrons. The van der Waals surface area contributed by atoms with Crippen LogP contribution in [0.3, 0.4) is 0 Å². The number of benzene rings is 1. The first-order valence-electron chi connectivity index (χ1n) is 10.7. The first-order valence-corrected chi connectivity index (χ1v) is 11.5. The molecule has 1 fully saturated rings. The van der Waals surface area contributed by atoms with Crippen molar-refractivity contribution < 1.29 is 9.59 Å². The van der Waals surface area contributed by atoms with Gasteiger partial charge in [-0.2, -0.15) is 0 Å². The maximum atomic E-state index is 13.0. The molecule has 0 unspecified atom stereocenters. The molecule has 6 heteroatoms. The summed E-state index contributed by atoms with van der Waals surface area (Å²) in [6, 6.07) is 15.7. The molecule has 2 amide bonds. The average molecular weight is 434 g/mol. The standard InChI is InChI=1S/C25H27N3O2S/c1-17-5-3-6-19(15-17)16-26-24(29)21-9-8-18(2)27-23(21)20-10-12-28(13-11-20)25(30)22-7-4-14-31-22/h3-9,14-15,20H,10-13,16H2,1-2H3,(H,26,29). The number of thiophene rings is 1. The Morgan fingerprint density at radius 3 is 2.61 bits per heavy atom. The second-order valence-corrected chi connectivity index (χ2v) is 9.05. The van der Waals surface area contributed by atoms with Crippen LogP contribution in [0.4, 0.5) is 0 Å². The van der Waals surface area contributed by atoms with Crippen LogP contribution in [-0.4, -0.2) is 34.8 Å². The molecule has 1 saturated heterocycles. The fraction of sp³-hybridized carbons (Fsp3) is 0.320. The number of carbonyl (C=O) groups excluding carboxylic acids is 2. The number of likely N-dealkylation sites (tertiary alicyclic amines) is 1. The van der Waals surface area contributed by atoms with Crippen LogP contribution in [0, 0.1) is 13.8 Å². The number of aryl methyl sites for hydroxylation is 2. The van der Waals surface area contributed by atoms with Crippen LogP contribution in [0.25, 0.3) is 0 Å². The van der Waals surface area contributed by atoms with Crippen LogP contribution in [0.2, 0.25) is 0 Å². The molecule has 2 aromatic heterocycles. The van der Waals surface area contributed by atoms with Crippen LogP contribution < -0.4 is 5.32 Å². The van der Waals surface area contributed by atoms with Gasteiger partial charge >= 0.3 is 0 Å². The Bertz CT molecular complexity index is 1070. The van der Waals surface area contributed by atoms with Crippen molar-refractivity contribution in [1.82, 2.24) is 15.2 Å². The predicted molar refractivity (Wildman–Crippen MR) is 124 cm³/mol. The van der Waals surface area contributed by atoms with Gasteiger partial charge in [-0.05, 0) is 55.8 Å². The van der Waals surface area contributed by atoms with E-state index in [2.05, 4.69) is 11.4 Å². The molecule has 0 atom stereocenters. The highest BCUT2D eigenvalue weighted by molar-refractivity contribution is 7.12. The summed E-state index contributed by atoms with van der Waals surface area (Å²) < 4.78 is 0. The molecule has 4 rings (SSSR count). The van der Waals surface area contributed by atoms with Crippen molar-refractivity contribution in [1.29, 1.82) is 0 Å². The Balaban J connectivity index is 1.44. The van der Waals surface area contributed by atoms with Crippen molar-refractivity contribution in [2.45, 2.75) is 39.2 Å². The molecule has 1 N–H and O–H groups in total. The van der Waals surface area contributed by atoms with E-state index < -0.39 is 0 Å². The summed E-state index contributed by atoms with van der Waals surface area (Å²) >= 11 is 1.48. The van der Waals surface area contributed by atoms with E-state index in [0.29, 0.717) is 25.2 Å². The minimum atomic E-state index is -0.0962. The lowest BCUT2D eigenvalue weighted by atomic mass is 9.89. The molecule has 0 aliphatic carbocycles. The molecule has 1 aliphatic heterocycles. The molecule has 3 aromatic rings. The summed E-state index contributed by atoms with van der Waals surface area (Å²) in [6.07, 6.45) is 1.62. The van der Waals surface area contributed by atoms with Gasteiger partial charge < -0.3 is 10.2 Å². The summed E-state index contributed by atoms with van der Waals surface area (Å²) in [7, 11) is 0. The van der Waals surface area contributed by atoms with Gasteiger partial charge in [0.1, 0.15) is 0 Å². The Morgan fingerprint density at radius 2 is 1.90 bits per heavy atom. The second-order valence-electron chi connectivity index (χ2n) is 8.10. The number of hydrogen-bond donors (Lipinski definition) is 1. The summed E-state index contributed by atoms with van der Waals surface area (Å²) in [5, 5.41) is 4.97. The van der Waals surface area contributed by atoms with Crippen molar-refractivity contribution in [2.24, 2.45) is 0 Å². The van der Waals surface area contributed by atoms with Gasteiger partial charge in [-0.15, -0.1) is 11.3 Å². The minimum Gasteiger partial charge on any atom is -0.348 e. The molecule has 0 bridgehead atoms. The number of aromatic nitrogens is 1. The first kappa shape index (κ1) is 21.2. The van der Waals surface area contributed by atoms with E-state index >= 15 is 0 Å². The van der Waals surface area contributed by atoms with E-state index in [-0.39, 0.29) is 17.7 Å². The maximum Gasteiger partial charge on any atom is 0.263 e. The molecule has 0 saturated carbocycles. The van der Waals surface area contributed by atoms with Crippen molar-refractivity contribution >= 4 is 23.2 Å². The van der Waals surface area contributed by atoms with Gasteiger partial charge in [0, 0.05) is 31.2 Å². The smallest absolute Gasteiger partial charge is 0.263 e. The quantitative estimate of drug-likeness (QED) is 0.634. The van der Waals surface area contributed by atoms with Gasteiger partial charge in [0.2, 0.25) is 0 Å². The zero-order valence-electron chi connectivity index (χ0n) is 17.9. The third-order valence-electron chi connectivity index (χ3n) is 5.74. The number of carbonyl (C=O) groups is 2. The number of nitrogens with zero attached hydrogens (tertiary/aromatic N) is 2. The molecule has 1 aliphatic rings. The molecular formula is C25H27N3O2S. The fourth-order valence-electron chi connectivity index (χ4n) is 4.09. The van der Waals surface area contributed by atoms with Gasteiger partial charge in [-0.3, -0.25) is 14.6 Å². The maximum absolute atomic E-state index is 13.0. The number of nitrogens with one attached hydrogen (secondary N) is 1. The Labute approximate surface area is 187 Å². The Hall–Kier alpha value is -2.99. The van der Waals surface area contributed by atoms with Gasteiger partial charge in [0.25, 0.3) is 11.8 Å². The van der Waals surface area contributed by atoms with E-state index in [1.807, 2.05) is 66.6 Å². The number of pyridine rings is 1. The number of piperidine rings is 1. The molecule has 5 nitrogen and oxygen atoms in total. The third-order valence-corrected chi connectivity index (χ3v) is 6.60. The SMILES string of the molecule is Cc1cccc(CNC(=O)c2ccc(C)nc2C2CCN(C(=O)c3cccs3)CC2)c1. The lowest BCUT2D eigenvalue weighted by Crippen LogP contribution is -2.38. The van der Waals surface area contributed by atoms with Crippen LogP contribution in [0.5, 0.6) is 0 Å². The normalized spacial score (nSPS) is 14.5. The lowest BCUT2D eigenvalue weighted by Gasteiger charge is -2.32. The predicted octanol–water partition coefficient (Wildman–Crippen LogP) is 4.71. The number of amides is 2. The van der Waals surface area contributed by atoms with E-state index in [4.69, 9.17) is 4.98 Å². The fourth-order valence-corrected chi connectivity index (χ4v) is 4.78. The topological polar surface area (TPSA) is 62.3 Å². The van der Waals surface area contributed by atoms with Gasteiger partial charge in [0.05, 0.1) is 16.1 Å². The van der Waals surface area contributed by atoms with Crippen LogP contribution in [-0.2, 0) is 6.54 Å². The average Bonchev–Trinajstić information content (AvgIpc) is 3.32. The molecule has 3 heterocycles. The summed E-state index contributed by atoms with van der Waals surface area (Å²) in [6.45, 7) is 5.85. The highest BCUT2D eigenvalue weighted by Crippen LogP contribution is 2.30. The largest absolute Gasteiger partial charge is 0.348 e. The molecular weight excluding hydrogens is 406 g/mol. The van der Waals surface area contributed by atoms with Crippen molar-refractivity contribution in [3.63, 3.8) is 0 Å². The summed E-state index contributed by atoms with van der Waals surface area (Å²) in [5.41, 5.74) is 4.65. The Morgan fingerprint density at radius 1 is 1.10 bits per heavy atom.